The summed E-state index contributed by atoms with van der Waals surface area (Å²) in [7, 11) is 0. The Morgan fingerprint density at radius 3 is 2.65 bits per heavy atom. The molecule has 20 heavy (non-hydrogen) atoms. The van der Waals surface area contributed by atoms with Crippen molar-refractivity contribution >= 4 is 69.2 Å². The molecule has 0 aliphatic rings. The molecule has 0 fully saturated rings. The lowest BCUT2D eigenvalue weighted by atomic mass is 10.0. The molecular weight excluding hydrogens is 471 g/mol. The Morgan fingerprint density at radius 1 is 1.05 bits per heavy atom. The smallest absolute Gasteiger partial charge is 0.127 e. The molecule has 0 bridgehead atoms. The molecule has 5 heteroatoms. The van der Waals surface area contributed by atoms with Crippen LogP contribution in [0.3, 0.4) is 0 Å². The largest absolute Gasteiger partial charge is 0.207 e. The number of rotatable bonds is 2. The van der Waals surface area contributed by atoms with Gasteiger partial charge in [-0.1, -0.05) is 44.0 Å². The van der Waals surface area contributed by atoms with Gasteiger partial charge in [-0.2, -0.15) is 0 Å². The quantitative estimate of drug-likeness (QED) is 0.346. The fraction of sp³-hybridized carbons (Fsp3) is 0.0667. The first-order chi connectivity index (χ1) is 9.58. The second kappa shape index (κ2) is 5.87. The highest BCUT2D eigenvalue weighted by atomic mass is 79.9. The average Bonchev–Trinajstić information content (AvgIpc) is 2.86. The van der Waals surface area contributed by atoms with Crippen LogP contribution in [0.1, 0.15) is 16.0 Å². The van der Waals surface area contributed by atoms with Crippen LogP contribution in [-0.2, 0) is 0 Å². The van der Waals surface area contributed by atoms with Gasteiger partial charge in [0.1, 0.15) is 5.82 Å². The van der Waals surface area contributed by atoms with Crippen LogP contribution in [0.25, 0.3) is 10.1 Å². The van der Waals surface area contributed by atoms with E-state index in [-0.39, 0.29) is 10.6 Å². The fourth-order valence-corrected chi connectivity index (χ4v) is 5.05. The van der Waals surface area contributed by atoms with Gasteiger partial charge in [-0.15, -0.1) is 11.3 Å². The van der Waals surface area contributed by atoms with Crippen molar-refractivity contribution in [3.63, 3.8) is 0 Å². The maximum absolute atomic E-state index is 14.0. The molecular formula is C15H8Br3FS. The number of hydrogen-bond acceptors (Lipinski definition) is 1. The van der Waals surface area contributed by atoms with E-state index in [1.165, 1.54) is 10.8 Å². The monoisotopic (exact) mass is 476 g/mol. The van der Waals surface area contributed by atoms with Crippen molar-refractivity contribution in [1.82, 2.24) is 0 Å². The zero-order valence-corrected chi connectivity index (χ0v) is 15.6. The van der Waals surface area contributed by atoms with Crippen LogP contribution >= 0.6 is 59.1 Å². The molecule has 0 amide bonds. The molecule has 1 heterocycles. The Hall–Kier alpha value is -0.230. The summed E-state index contributed by atoms with van der Waals surface area (Å²) in [6.45, 7) is 0. The number of hydrogen-bond donors (Lipinski definition) is 0. The third kappa shape index (κ3) is 2.61. The van der Waals surface area contributed by atoms with Crippen molar-refractivity contribution in [2.45, 2.75) is 4.83 Å². The molecule has 0 aliphatic heterocycles. The maximum Gasteiger partial charge on any atom is 0.127 e. The number of halogens is 4. The van der Waals surface area contributed by atoms with Crippen LogP contribution in [0.5, 0.6) is 0 Å². The van der Waals surface area contributed by atoms with E-state index in [1.807, 2.05) is 18.2 Å². The molecule has 0 spiro atoms. The van der Waals surface area contributed by atoms with Gasteiger partial charge in [0.05, 0.1) is 4.83 Å². The van der Waals surface area contributed by atoms with E-state index in [0.29, 0.717) is 5.56 Å². The van der Waals surface area contributed by atoms with Crippen LogP contribution in [0.4, 0.5) is 4.39 Å². The van der Waals surface area contributed by atoms with Gasteiger partial charge >= 0.3 is 0 Å². The normalized spacial score (nSPS) is 12.8. The number of fused-ring (bicyclic) bond motifs is 1. The molecule has 102 valence electrons. The molecule has 3 aromatic rings. The number of benzene rings is 2. The highest BCUT2D eigenvalue weighted by molar-refractivity contribution is 9.11. The second-order valence-electron chi connectivity index (χ2n) is 4.34. The number of alkyl halides is 1. The second-order valence-corrected chi connectivity index (χ2v) is 7.90. The summed E-state index contributed by atoms with van der Waals surface area (Å²) in [6.07, 6.45) is 0. The van der Waals surface area contributed by atoms with Gasteiger partial charge in [-0.3, -0.25) is 0 Å². The molecule has 0 radical (unpaired) electrons. The van der Waals surface area contributed by atoms with Crippen LogP contribution < -0.4 is 0 Å². The molecule has 0 saturated carbocycles. The van der Waals surface area contributed by atoms with Gasteiger partial charge in [0.25, 0.3) is 0 Å². The standard InChI is InChI=1S/C15H8Br3FS/c16-8-4-5-13(19)10(6-8)14(18)11-7-20-15-9(11)2-1-3-12(15)17/h1-7,14H. The topological polar surface area (TPSA) is 0 Å². The predicted octanol–water partition coefficient (Wildman–Crippen LogP) is 7.05. The first-order valence-electron chi connectivity index (χ1n) is 5.82. The molecule has 3 rings (SSSR count). The van der Waals surface area contributed by atoms with Crippen LogP contribution in [0, 0.1) is 5.82 Å². The van der Waals surface area contributed by atoms with Crippen molar-refractivity contribution in [3.8, 4) is 0 Å². The zero-order valence-electron chi connectivity index (χ0n) is 10.0. The van der Waals surface area contributed by atoms with E-state index in [2.05, 4.69) is 59.2 Å². The minimum Gasteiger partial charge on any atom is -0.207 e. The molecule has 0 N–H and O–H groups in total. The van der Waals surface area contributed by atoms with Gasteiger partial charge in [-0.25, -0.2) is 4.39 Å². The summed E-state index contributed by atoms with van der Waals surface area (Å²) in [6, 6.07) is 11.1. The SMILES string of the molecule is Fc1ccc(Br)cc1C(Br)c1csc2c(Br)cccc12. The maximum atomic E-state index is 14.0. The lowest BCUT2D eigenvalue weighted by Gasteiger charge is -2.11. The Kier molecular flexibility index (Phi) is 4.32. The lowest BCUT2D eigenvalue weighted by molar-refractivity contribution is 0.613. The summed E-state index contributed by atoms with van der Waals surface area (Å²) in [5.41, 5.74) is 1.72. The third-order valence-electron chi connectivity index (χ3n) is 3.09. The molecule has 0 aliphatic carbocycles. The van der Waals surface area contributed by atoms with E-state index < -0.39 is 0 Å². The Morgan fingerprint density at radius 2 is 1.85 bits per heavy atom. The van der Waals surface area contributed by atoms with Gasteiger partial charge < -0.3 is 0 Å². The van der Waals surface area contributed by atoms with E-state index in [9.17, 15) is 4.39 Å². The van der Waals surface area contributed by atoms with Crippen molar-refractivity contribution in [2.24, 2.45) is 0 Å². The van der Waals surface area contributed by atoms with Crippen molar-refractivity contribution in [2.75, 3.05) is 0 Å². The highest BCUT2D eigenvalue weighted by Crippen LogP contribution is 2.42. The lowest BCUT2D eigenvalue weighted by Crippen LogP contribution is -1.95. The van der Waals surface area contributed by atoms with Gasteiger partial charge in [0, 0.05) is 19.2 Å². The number of thiophene rings is 1. The molecule has 0 nitrogen and oxygen atoms in total. The van der Waals surface area contributed by atoms with Crippen LogP contribution in [0.15, 0.2) is 50.7 Å². The van der Waals surface area contributed by atoms with Gasteiger partial charge in [-0.05, 0) is 56.5 Å². The van der Waals surface area contributed by atoms with Gasteiger partial charge in [0.2, 0.25) is 0 Å². The van der Waals surface area contributed by atoms with Crippen LogP contribution in [-0.4, -0.2) is 0 Å². The van der Waals surface area contributed by atoms with Crippen LogP contribution in [0.2, 0.25) is 0 Å². The van der Waals surface area contributed by atoms with Crippen molar-refractivity contribution in [3.05, 3.63) is 67.7 Å². The molecule has 1 atom stereocenters. The molecule has 0 saturated heterocycles. The highest BCUT2D eigenvalue weighted by Gasteiger charge is 2.19. The summed E-state index contributed by atoms with van der Waals surface area (Å²) < 4.78 is 17.2. The van der Waals surface area contributed by atoms with E-state index in [4.69, 9.17) is 0 Å². The molecule has 1 aromatic heterocycles. The molecule has 1 unspecified atom stereocenters. The third-order valence-corrected chi connectivity index (χ3v) is 6.54. The summed E-state index contributed by atoms with van der Waals surface area (Å²) in [5, 5.41) is 3.22. The first kappa shape index (κ1) is 14.7. The minimum atomic E-state index is -0.204. The zero-order chi connectivity index (χ0) is 14.3. The summed E-state index contributed by atoms with van der Waals surface area (Å²) in [5.74, 6) is -0.204. The van der Waals surface area contributed by atoms with Crippen molar-refractivity contribution in [1.29, 1.82) is 0 Å². The van der Waals surface area contributed by atoms with Crippen molar-refractivity contribution < 1.29 is 4.39 Å². The Labute approximate surface area is 145 Å². The van der Waals surface area contributed by atoms with E-state index in [1.54, 1.807) is 17.4 Å². The Balaban J connectivity index is 2.15. The van der Waals surface area contributed by atoms with Gasteiger partial charge in [0.15, 0.2) is 0 Å². The van der Waals surface area contributed by atoms with E-state index >= 15 is 0 Å². The summed E-state index contributed by atoms with van der Waals surface area (Å²) >= 11 is 12.2. The minimum absolute atomic E-state index is 0.164. The fourth-order valence-electron chi connectivity index (χ4n) is 2.11. The summed E-state index contributed by atoms with van der Waals surface area (Å²) in [4.78, 5) is -0.164. The Bertz CT molecular complexity index is 782. The van der Waals surface area contributed by atoms with E-state index in [0.717, 1.165) is 19.9 Å². The average molecular weight is 479 g/mol. The predicted molar refractivity (Wildman–Crippen MR) is 94.4 cm³/mol. The molecule has 2 aromatic carbocycles. The first-order valence-corrected chi connectivity index (χ1v) is 9.20.